The zero-order valence-electron chi connectivity index (χ0n) is 14.5. The van der Waals surface area contributed by atoms with Crippen molar-refractivity contribution in [3.05, 3.63) is 71.8 Å². The average Bonchev–Trinajstić information content (AvgIpc) is 2.90. The van der Waals surface area contributed by atoms with Crippen LogP contribution < -0.4 is 0 Å². The molecule has 140 valence electrons. The van der Waals surface area contributed by atoms with Crippen LogP contribution in [-0.2, 0) is 19.0 Å². The molecule has 7 nitrogen and oxygen atoms in total. The molecule has 1 aliphatic heterocycles. The second-order valence-electron chi connectivity index (χ2n) is 6.25. The summed E-state index contributed by atoms with van der Waals surface area (Å²) < 4.78 is 15.5. The summed E-state index contributed by atoms with van der Waals surface area (Å²) in [5.74, 6) is -2.29. The third-order valence-corrected chi connectivity index (χ3v) is 4.20. The van der Waals surface area contributed by atoms with E-state index in [1.807, 2.05) is 0 Å². The Morgan fingerprint density at radius 3 is 2.07 bits per heavy atom. The van der Waals surface area contributed by atoms with Gasteiger partial charge in [-0.3, -0.25) is 0 Å². The average molecular weight is 370 g/mol. The SMILES string of the molecule is C[C@]1(O)C(=O)OC(COC(=O)c2ccccc2)C1OC(=O)c1ccccc1. The predicted molar refractivity (Wildman–Crippen MR) is 92.9 cm³/mol. The summed E-state index contributed by atoms with van der Waals surface area (Å²) in [5.41, 5.74) is -1.46. The highest BCUT2D eigenvalue weighted by Crippen LogP contribution is 2.30. The number of hydrogen-bond donors (Lipinski definition) is 1. The molecule has 1 heterocycles. The Bertz CT molecular complexity index is 830. The maximum atomic E-state index is 12.3. The smallest absolute Gasteiger partial charge is 0.342 e. The largest absolute Gasteiger partial charge is 0.458 e. The molecular formula is C20H18O7. The number of aliphatic hydroxyl groups is 1. The maximum absolute atomic E-state index is 12.3. The third kappa shape index (κ3) is 3.98. The predicted octanol–water partition coefficient (Wildman–Crippen LogP) is 1.75. The lowest BCUT2D eigenvalue weighted by Gasteiger charge is -2.24. The van der Waals surface area contributed by atoms with Gasteiger partial charge < -0.3 is 19.3 Å². The fraction of sp³-hybridized carbons (Fsp3) is 0.250. The van der Waals surface area contributed by atoms with Crippen LogP contribution in [0.3, 0.4) is 0 Å². The molecule has 1 N–H and O–H groups in total. The van der Waals surface area contributed by atoms with Crippen LogP contribution in [0.5, 0.6) is 0 Å². The molecule has 2 aromatic rings. The van der Waals surface area contributed by atoms with Gasteiger partial charge in [-0.25, -0.2) is 14.4 Å². The highest BCUT2D eigenvalue weighted by molar-refractivity contribution is 5.91. The Hall–Kier alpha value is -3.19. The highest BCUT2D eigenvalue weighted by atomic mass is 16.6. The topological polar surface area (TPSA) is 99.1 Å². The number of cyclic esters (lactones) is 1. The summed E-state index contributed by atoms with van der Waals surface area (Å²) in [7, 11) is 0. The minimum absolute atomic E-state index is 0.257. The molecule has 0 aromatic heterocycles. The van der Waals surface area contributed by atoms with Crippen LogP contribution in [0.2, 0.25) is 0 Å². The normalized spacial score (nSPS) is 24.1. The monoisotopic (exact) mass is 370 g/mol. The number of benzene rings is 2. The van der Waals surface area contributed by atoms with Crippen LogP contribution in [0.1, 0.15) is 27.6 Å². The van der Waals surface area contributed by atoms with Gasteiger partial charge in [0.15, 0.2) is 17.8 Å². The van der Waals surface area contributed by atoms with Crippen molar-refractivity contribution in [2.45, 2.75) is 24.7 Å². The molecule has 0 radical (unpaired) electrons. The molecule has 0 saturated carbocycles. The summed E-state index contributed by atoms with van der Waals surface area (Å²) in [6.07, 6.45) is -2.44. The first-order valence-corrected chi connectivity index (χ1v) is 8.31. The molecule has 2 aromatic carbocycles. The van der Waals surface area contributed by atoms with E-state index in [4.69, 9.17) is 14.2 Å². The number of ether oxygens (including phenoxy) is 3. The van der Waals surface area contributed by atoms with Crippen molar-refractivity contribution >= 4 is 17.9 Å². The van der Waals surface area contributed by atoms with Gasteiger partial charge in [-0.2, -0.15) is 0 Å². The van der Waals surface area contributed by atoms with Gasteiger partial charge in [0.25, 0.3) is 0 Å². The molecule has 27 heavy (non-hydrogen) atoms. The molecule has 1 aliphatic rings. The Balaban J connectivity index is 1.70. The Kier molecular flexibility index (Phi) is 5.23. The van der Waals surface area contributed by atoms with E-state index in [0.29, 0.717) is 5.56 Å². The summed E-state index contributed by atoms with van der Waals surface area (Å²) in [6, 6.07) is 16.4. The number of carbonyl (C=O) groups is 3. The number of carbonyl (C=O) groups excluding carboxylic acids is 3. The Labute approximate surface area is 155 Å². The fourth-order valence-electron chi connectivity index (χ4n) is 2.68. The molecule has 0 spiro atoms. The van der Waals surface area contributed by atoms with Gasteiger partial charge in [-0.1, -0.05) is 36.4 Å². The molecule has 3 atom stereocenters. The summed E-state index contributed by atoms with van der Waals surface area (Å²) in [4.78, 5) is 36.3. The van der Waals surface area contributed by atoms with Crippen molar-refractivity contribution in [2.75, 3.05) is 6.61 Å². The molecule has 0 aliphatic carbocycles. The van der Waals surface area contributed by atoms with Crippen molar-refractivity contribution in [1.29, 1.82) is 0 Å². The van der Waals surface area contributed by atoms with Crippen LogP contribution in [0.4, 0.5) is 0 Å². The molecule has 0 bridgehead atoms. The maximum Gasteiger partial charge on any atom is 0.342 e. The lowest BCUT2D eigenvalue weighted by molar-refractivity contribution is -0.155. The van der Waals surface area contributed by atoms with Crippen LogP contribution in [0.25, 0.3) is 0 Å². The van der Waals surface area contributed by atoms with E-state index >= 15 is 0 Å². The van der Waals surface area contributed by atoms with Crippen molar-refractivity contribution in [2.24, 2.45) is 0 Å². The number of esters is 3. The standard InChI is InChI=1S/C20H18O7/c1-20(24)16(27-18(22)14-10-6-3-7-11-14)15(26-19(20)23)12-25-17(21)13-8-4-2-5-9-13/h2-11,15-16,24H,12H2,1H3/t15?,16?,20-/m1/s1. The molecular weight excluding hydrogens is 352 g/mol. The summed E-state index contributed by atoms with van der Waals surface area (Å²) >= 11 is 0. The highest BCUT2D eigenvalue weighted by Gasteiger charge is 2.56. The first-order chi connectivity index (χ1) is 12.9. The number of rotatable bonds is 5. The molecule has 1 fully saturated rings. The van der Waals surface area contributed by atoms with Gasteiger partial charge >= 0.3 is 17.9 Å². The minimum Gasteiger partial charge on any atom is -0.458 e. The Morgan fingerprint density at radius 2 is 1.52 bits per heavy atom. The van der Waals surface area contributed by atoms with E-state index in [1.54, 1.807) is 60.7 Å². The van der Waals surface area contributed by atoms with Gasteiger partial charge in [0, 0.05) is 0 Å². The van der Waals surface area contributed by atoms with Gasteiger partial charge in [0.2, 0.25) is 0 Å². The van der Waals surface area contributed by atoms with Crippen LogP contribution in [0.15, 0.2) is 60.7 Å². The third-order valence-electron chi connectivity index (χ3n) is 4.20. The van der Waals surface area contributed by atoms with Gasteiger partial charge in [0.05, 0.1) is 11.1 Å². The zero-order valence-corrected chi connectivity index (χ0v) is 14.5. The summed E-state index contributed by atoms with van der Waals surface area (Å²) in [5, 5.41) is 10.4. The minimum atomic E-state index is -2.05. The second-order valence-corrected chi connectivity index (χ2v) is 6.25. The van der Waals surface area contributed by atoms with Gasteiger partial charge in [0.1, 0.15) is 6.61 Å². The van der Waals surface area contributed by atoms with Crippen LogP contribution in [0, 0.1) is 0 Å². The van der Waals surface area contributed by atoms with Crippen molar-refractivity contribution in [3.8, 4) is 0 Å². The summed E-state index contributed by atoms with van der Waals surface area (Å²) in [6.45, 7) is 0.833. The van der Waals surface area contributed by atoms with E-state index in [-0.39, 0.29) is 12.2 Å². The van der Waals surface area contributed by atoms with Crippen molar-refractivity contribution in [3.63, 3.8) is 0 Å². The van der Waals surface area contributed by atoms with E-state index < -0.39 is 35.7 Å². The number of hydrogen-bond acceptors (Lipinski definition) is 7. The van der Waals surface area contributed by atoms with Crippen molar-refractivity contribution in [1.82, 2.24) is 0 Å². The lowest BCUT2D eigenvalue weighted by Crippen LogP contribution is -2.47. The van der Waals surface area contributed by atoms with Gasteiger partial charge in [-0.05, 0) is 31.2 Å². The fourth-order valence-corrected chi connectivity index (χ4v) is 2.68. The molecule has 1 saturated heterocycles. The van der Waals surface area contributed by atoms with E-state index in [1.165, 1.54) is 6.92 Å². The van der Waals surface area contributed by atoms with Crippen LogP contribution >= 0.6 is 0 Å². The lowest BCUT2D eigenvalue weighted by atomic mass is 9.98. The Morgan fingerprint density at radius 1 is 1.00 bits per heavy atom. The van der Waals surface area contributed by atoms with Crippen LogP contribution in [-0.4, -0.2) is 47.4 Å². The quantitative estimate of drug-likeness (QED) is 0.632. The van der Waals surface area contributed by atoms with E-state index in [2.05, 4.69) is 0 Å². The molecule has 7 heteroatoms. The van der Waals surface area contributed by atoms with Crippen molar-refractivity contribution < 1.29 is 33.7 Å². The second kappa shape index (κ2) is 7.59. The van der Waals surface area contributed by atoms with Gasteiger partial charge in [-0.15, -0.1) is 0 Å². The molecule has 3 rings (SSSR count). The first kappa shape index (κ1) is 18.6. The molecule has 2 unspecified atom stereocenters. The molecule has 0 amide bonds. The zero-order chi connectivity index (χ0) is 19.4. The van der Waals surface area contributed by atoms with E-state index in [9.17, 15) is 19.5 Å². The van der Waals surface area contributed by atoms with E-state index in [0.717, 1.165) is 0 Å². The first-order valence-electron chi connectivity index (χ1n) is 8.31.